The highest BCUT2D eigenvalue weighted by Gasteiger charge is 2.45. The molecule has 0 spiro atoms. The number of hydrogen-bond donors (Lipinski definition) is 1. The maximum Gasteiger partial charge on any atom is 0.354 e. The number of carboxylic acids is 1. The molecule has 4 rings (SSSR count). The van der Waals surface area contributed by atoms with Crippen LogP contribution in [0.1, 0.15) is 64.8 Å². The molecule has 3 aromatic rings. The third kappa shape index (κ3) is 5.90. The minimum absolute atomic E-state index is 0.00868. The van der Waals surface area contributed by atoms with Gasteiger partial charge in [0.15, 0.2) is 0 Å². The molecule has 2 aromatic carbocycles. The summed E-state index contributed by atoms with van der Waals surface area (Å²) in [6.07, 6.45) is 1.46. The molecule has 0 aliphatic carbocycles. The molecule has 0 amide bonds. The van der Waals surface area contributed by atoms with Crippen molar-refractivity contribution in [2.45, 2.75) is 71.0 Å². The number of oxime groups is 1. The van der Waals surface area contributed by atoms with Gasteiger partial charge in [-0.15, -0.1) is 0 Å². The van der Waals surface area contributed by atoms with E-state index in [1.54, 1.807) is 45.9 Å². The second kappa shape index (κ2) is 10.4. The lowest BCUT2D eigenvalue weighted by molar-refractivity contribution is -0.178. The fourth-order valence-electron chi connectivity index (χ4n) is 4.18. The molecule has 1 atom stereocenters. The number of esters is 1. The van der Waals surface area contributed by atoms with E-state index in [9.17, 15) is 18.8 Å². The number of aryl methyl sites for hydroxylation is 1. The monoisotopic (exact) mass is 523 g/mol. The first-order valence-corrected chi connectivity index (χ1v) is 12.4. The zero-order chi connectivity index (χ0) is 27.7. The Kier molecular flexibility index (Phi) is 7.35. The molecular formula is C28H30FN3O6. The van der Waals surface area contributed by atoms with Crippen LogP contribution < -0.4 is 5.56 Å². The molecule has 1 aliphatic rings. The van der Waals surface area contributed by atoms with Gasteiger partial charge >= 0.3 is 11.9 Å². The summed E-state index contributed by atoms with van der Waals surface area (Å²) in [5.41, 5.74) is -0.223. The van der Waals surface area contributed by atoms with Crippen LogP contribution in [0, 0.1) is 5.82 Å². The number of halogens is 1. The molecule has 2 heterocycles. The molecule has 0 saturated carbocycles. The average Bonchev–Trinajstić information content (AvgIpc) is 3.25. The van der Waals surface area contributed by atoms with Gasteiger partial charge in [0.1, 0.15) is 17.2 Å². The maximum atomic E-state index is 13.6. The number of unbranched alkanes of at least 4 members (excludes halogenated alkanes) is 1. The van der Waals surface area contributed by atoms with Gasteiger partial charge < -0.3 is 14.7 Å². The van der Waals surface area contributed by atoms with Crippen molar-refractivity contribution in [1.82, 2.24) is 9.55 Å². The molecule has 1 N–H and O–H groups in total. The molecule has 1 unspecified atom stereocenters. The van der Waals surface area contributed by atoms with Crippen molar-refractivity contribution < 1.29 is 28.7 Å². The summed E-state index contributed by atoms with van der Waals surface area (Å²) in [6, 6.07) is 10.6. The Labute approximate surface area is 218 Å². The highest BCUT2D eigenvalue weighted by atomic mass is 19.1. The largest absolute Gasteiger partial charge is 0.481 e. The van der Waals surface area contributed by atoms with E-state index in [0.29, 0.717) is 53.0 Å². The van der Waals surface area contributed by atoms with E-state index >= 15 is 0 Å². The third-order valence-electron chi connectivity index (χ3n) is 6.09. The number of carbonyl (C=O) groups is 2. The Bertz CT molecular complexity index is 1470. The van der Waals surface area contributed by atoms with Crippen LogP contribution in [0.15, 0.2) is 52.4 Å². The van der Waals surface area contributed by atoms with E-state index in [1.807, 2.05) is 0 Å². The smallest absolute Gasteiger partial charge is 0.354 e. The minimum Gasteiger partial charge on any atom is -0.481 e. The van der Waals surface area contributed by atoms with Crippen molar-refractivity contribution in [3.63, 3.8) is 0 Å². The van der Waals surface area contributed by atoms with E-state index in [2.05, 4.69) is 5.16 Å². The minimum atomic E-state index is -1.27. The summed E-state index contributed by atoms with van der Waals surface area (Å²) in [7, 11) is 0. The van der Waals surface area contributed by atoms with Crippen LogP contribution in [-0.2, 0) is 25.6 Å². The Hall–Kier alpha value is -4.08. The normalized spacial score (nSPS) is 17.2. The van der Waals surface area contributed by atoms with E-state index in [4.69, 9.17) is 19.7 Å². The number of nitrogens with zero attached hydrogens (tertiary/aromatic N) is 3. The third-order valence-corrected chi connectivity index (χ3v) is 6.09. The Balaban J connectivity index is 1.69. The number of carbonyl (C=O) groups excluding carboxylic acids is 1. The molecule has 10 heteroatoms. The lowest BCUT2D eigenvalue weighted by Crippen LogP contribution is -2.41. The number of fused-ring (bicyclic) bond motifs is 1. The highest BCUT2D eigenvalue weighted by Crippen LogP contribution is 2.30. The van der Waals surface area contributed by atoms with Gasteiger partial charge in [-0.25, -0.2) is 14.2 Å². The topological polar surface area (TPSA) is 120 Å². The molecule has 200 valence electrons. The number of ether oxygens (including phenoxy) is 1. The molecule has 1 aromatic heterocycles. The lowest BCUT2D eigenvalue weighted by Gasteiger charge is -2.26. The van der Waals surface area contributed by atoms with Crippen LogP contribution in [0.5, 0.6) is 0 Å². The summed E-state index contributed by atoms with van der Waals surface area (Å²) in [5, 5.41) is 13.4. The van der Waals surface area contributed by atoms with Crippen LogP contribution in [0.2, 0.25) is 0 Å². The van der Waals surface area contributed by atoms with Gasteiger partial charge in [-0.05, 0) is 76.9 Å². The molecule has 38 heavy (non-hydrogen) atoms. The van der Waals surface area contributed by atoms with Crippen molar-refractivity contribution in [1.29, 1.82) is 0 Å². The van der Waals surface area contributed by atoms with Crippen molar-refractivity contribution in [3.05, 3.63) is 70.0 Å². The molecule has 9 nitrogen and oxygen atoms in total. The molecule has 0 radical (unpaired) electrons. The predicted molar refractivity (Wildman–Crippen MR) is 139 cm³/mol. The van der Waals surface area contributed by atoms with Gasteiger partial charge in [-0.3, -0.25) is 14.2 Å². The highest BCUT2D eigenvalue weighted by molar-refractivity contribution is 6.06. The average molecular weight is 524 g/mol. The first-order valence-electron chi connectivity index (χ1n) is 12.4. The van der Waals surface area contributed by atoms with Gasteiger partial charge in [-0.2, -0.15) is 0 Å². The van der Waals surface area contributed by atoms with Gasteiger partial charge in [-0.1, -0.05) is 11.2 Å². The summed E-state index contributed by atoms with van der Waals surface area (Å²) >= 11 is 0. The first-order chi connectivity index (χ1) is 17.9. The van der Waals surface area contributed by atoms with Gasteiger partial charge in [0.05, 0.1) is 22.3 Å². The fourth-order valence-corrected chi connectivity index (χ4v) is 4.18. The summed E-state index contributed by atoms with van der Waals surface area (Å²) in [5.74, 6) is -1.41. The van der Waals surface area contributed by atoms with Crippen molar-refractivity contribution >= 4 is 28.6 Å². The Morgan fingerprint density at radius 2 is 1.87 bits per heavy atom. The number of hydrogen-bond acceptors (Lipinski definition) is 7. The predicted octanol–water partition coefficient (Wildman–Crippen LogP) is 4.55. The Morgan fingerprint density at radius 3 is 2.53 bits per heavy atom. The second-order valence-electron chi connectivity index (χ2n) is 10.5. The van der Waals surface area contributed by atoms with Gasteiger partial charge in [0.25, 0.3) is 5.56 Å². The summed E-state index contributed by atoms with van der Waals surface area (Å²) in [6.45, 7) is 6.95. The summed E-state index contributed by atoms with van der Waals surface area (Å²) in [4.78, 5) is 47.4. The SMILES string of the molecule is CC(C)(C)OC(=O)C1(C)CC(c2ccc3c(=O)n(-c4ccc(F)cc4)c(CCCCC(=O)O)nc3c2)=NO1. The number of benzene rings is 2. The standard InChI is InChI=1S/C28H30FN3O6/c1-27(2,3)37-26(36)28(4)16-22(31-38-28)17-9-14-20-21(15-17)30-23(7-5-6-8-24(33)34)32(25(20)35)19-12-10-18(29)11-13-19/h9-15H,5-8,16H2,1-4H3,(H,33,34). The van der Waals surface area contributed by atoms with Crippen LogP contribution in [0.4, 0.5) is 4.39 Å². The van der Waals surface area contributed by atoms with E-state index in [0.717, 1.165) is 0 Å². The number of aliphatic carboxylic acids is 1. The van der Waals surface area contributed by atoms with Gasteiger partial charge in [0.2, 0.25) is 5.60 Å². The zero-order valence-corrected chi connectivity index (χ0v) is 21.8. The van der Waals surface area contributed by atoms with Crippen molar-refractivity contribution in [2.75, 3.05) is 0 Å². The lowest BCUT2D eigenvalue weighted by atomic mass is 9.95. The molecule has 0 saturated heterocycles. The quantitative estimate of drug-likeness (QED) is 0.340. The Morgan fingerprint density at radius 1 is 1.16 bits per heavy atom. The summed E-state index contributed by atoms with van der Waals surface area (Å²) < 4.78 is 20.5. The molecular weight excluding hydrogens is 493 g/mol. The van der Waals surface area contributed by atoms with E-state index in [1.165, 1.54) is 28.8 Å². The molecule has 0 fully saturated rings. The van der Waals surface area contributed by atoms with Crippen LogP contribution in [0.3, 0.4) is 0 Å². The molecule has 1 aliphatic heterocycles. The van der Waals surface area contributed by atoms with Crippen LogP contribution >= 0.6 is 0 Å². The van der Waals surface area contributed by atoms with Crippen LogP contribution in [0.25, 0.3) is 16.6 Å². The number of carboxylic acid groups (broad SMARTS) is 1. The second-order valence-corrected chi connectivity index (χ2v) is 10.5. The van der Waals surface area contributed by atoms with Crippen molar-refractivity contribution in [3.8, 4) is 5.69 Å². The van der Waals surface area contributed by atoms with Gasteiger partial charge in [0, 0.05) is 24.8 Å². The van der Waals surface area contributed by atoms with Crippen molar-refractivity contribution in [2.24, 2.45) is 5.16 Å². The fraction of sp³-hybridized carbons (Fsp3) is 0.393. The number of aromatic nitrogens is 2. The number of rotatable bonds is 8. The van der Waals surface area contributed by atoms with Crippen LogP contribution in [-0.4, -0.2) is 43.5 Å². The first kappa shape index (κ1) is 27.0. The van der Waals surface area contributed by atoms with E-state index in [-0.39, 0.29) is 18.4 Å². The molecule has 0 bridgehead atoms. The zero-order valence-electron chi connectivity index (χ0n) is 21.8. The van der Waals surface area contributed by atoms with E-state index < -0.39 is 29.0 Å². The maximum absolute atomic E-state index is 13.6.